The van der Waals surface area contributed by atoms with Crippen molar-refractivity contribution in [2.75, 3.05) is 17.6 Å². The van der Waals surface area contributed by atoms with Crippen LogP contribution in [-0.2, 0) is 0 Å². The molecule has 1 aliphatic heterocycles. The molecule has 3 rings (SSSR count). The molecule has 0 aromatic heterocycles. The molecular formula is C16H14F2N2OS. The van der Waals surface area contributed by atoms with Crippen LogP contribution in [0.1, 0.15) is 10.9 Å². The summed E-state index contributed by atoms with van der Waals surface area (Å²) >= 11 is 1.49. The molecule has 2 amide bonds. The van der Waals surface area contributed by atoms with E-state index in [0.29, 0.717) is 17.9 Å². The molecule has 1 fully saturated rings. The predicted octanol–water partition coefficient (Wildman–Crippen LogP) is 4.24. The van der Waals surface area contributed by atoms with E-state index in [4.69, 9.17) is 0 Å². The Balaban J connectivity index is 1.80. The lowest BCUT2D eigenvalue weighted by atomic mass is 10.2. The van der Waals surface area contributed by atoms with Crippen molar-refractivity contribution < 1.29 is 13.6 Å². The van der Waals surface area contributed by atoms with E-state index in [2.05, 4.69) is 5.32 Å². The van der Waals surface area contributed by atoms with Crippen molar-refractivity contribution in [1.29, 1.82) is 0 Å². The molecule has 0 saturated carbocycles. The lowest BCUT2D eigenvalue weighted by Gasteiger charge is -2.24. The number of para-hydroxylation sites is 1. The van der Waals surface area contributed by atoms with Crippen LogP contribution in [0.4, 0.5) is 19.3 Å². The summed E-state index contributed by atoms with van der Waals surface area (Å²) < 4.78 is 27.6. The van der Waals surface area contributed by atoms with Gasteiger partial charge in [-0.2, -0.15) is 0 Å². The SMILES string of the molecule is O=C(Nc1ccccc1F)N1CCSC1c1ccccc1F. The topological polar surface area (TPSA) is 32.3 Å². The number of halogens is 2. The van der Waals surface area contributed by atoms with Crippen LogP contribution in [0.25, 0.3) is 0 Å². The zero-order valence-electron chi connectivity index (χ0n) is 11.6. The van der Waals surface area contributed by atoms with Gasteiger partial charge in [0.1, 0.15) is 17.0 Å². The number of urea groups is 1. The number of nitrogens with one attached hydrogen (secondary N) is 1. The number of amides is 2. The quantitative estimate of drug-likeness (QED) is 0.897. The third kappa shape index (κ3) is 2.92. The van der Waals surface area contributed by atoms with E-state index in [9.17, 15) is 13.6 Å². The van der Waals surface area contributed by atoms with Gasteiger partial charge in [0.05, 0.1) is 5.69 Å². The summed E-state index contributed by atoms with van der Waals surface area (Å²) in [6.07, 6.45) is 0. The Morgan fingerprint density at radius 3 is 2.50 bits per heavy atom. The molecule has 0 aliphatic carbocycles. The highest BCUT2D eigenvalue weighted by molar-refractivity contribution is 7.99. The predicted molar refractivity (Wildman–Crippen MR) is 83.7 cm³/mol. The Kier molecular flexibility index (Phi) is 4.29. The number of rotatable bonds is 2. The molecule has 22 heavy (non-hydrogen) atoms. The van der Waals surface area contributed by atoms with Crippen molar-refractivity contribution in [2.24, 2.45) is 0 Å². The standard InChI is InChI=1S/C16H14F2N2OS/c17-12-6-2-1-5-11(12)15-20(9-10-22-15)16(21)19-14-8-4-3-7-13(14)18/h1-8,15H,9-10H2,(H,19,21). The van der Waals surface area contributed by atoms with Crippen molar-refractivity contribution in [2.45, 2.75) is 5.37 Å². The fraction of sp³-hybridized carbons (Fsp3) is 0.188. The molecule has 114 valence electrons. The molecule has 6 heteroatoms. The van der Waals surface area contributed by atoms with Crippen LogP contribution in [0.3, 0.4) is 0 Å². The molecule has 0 spiro atoms. The largest absolute Gasteiger partial charge is 0.323 e. The van der Waals surface area contributed by atoms with Gasteiger partial charge in [-0.05, 0) is 18.2 Å². The average molecular weight is 320 g/mol. The number of anilines is 1. The zero-order valence-corrected chi connectivity index (χ0v) is 12.4. The molecule has 3 nitrogen and oxygen atoms in total. The van der Waals surface area contributed by atoms with Gasteiger partial charge in [-0.25, -0.2) is 13.6 Å². The van der Waals surface area contributed by atoms with Gasteiger partial charge in [0.15, 0.2) is 0 Å². The second kappa shape index (κ2) is 6.36. The highest BCUT2D eigenvalue weighted by atomic mass is 32.2. The van der Waals surface area contributed by atoms with Crippen LogP contribution >= 0.6 is 11.8 Å². The van der Waals surface area contributed by atoms with E-state index in [-0.39, 0.29) is 11.5 Å². The van der Waals surface area contributed by atoms with Gasteiger partial charge in [-0.3, -0.25) is 0 Å². The monoisotopic (exact) mass is 320 g/mol. The Morgan fingerprint density at radius 2 is 1.77 bits per heavy atom. The summed E-state index contributed by atoms with van der Waals surface area (Å²) in [5.74, 6) is -0.125. The molecule has 0 radical (unpaired) electrons. The van der Waals surface area contributed by atoms with Gasteiger partial charge in [-0.15, -0.1) is 11.8 Å². The van der Waals surface area contributed by atoms with E-state index in [0.717, 1.165) is 0 Å². The summed E-state index contributed by atoms with van der Waals surface area (Å²) in [4.78, 5) is 13.9. The highest BCUT2D eigenvalue weighted by Crippen LogP contribution is 2.39. The average Bonchev–Trinajstić information content (AvgIpc) is 2.99. The number of hydrogen-bond acceptors (Lipinski definition) is 2. The van der Waals surface area contributed by atoms with E-state index in [1.165, 1.54) is 34.9 Å². The Bertz CT molecular complexity index is 695. The molecule has 0 bridgehead atoms. The van der Waals surface area contributed by atoms with E-state index >= 15 is 0 Å². The smallest absolute Gasteiger partial charge is 0.307 e. The minimum Gasteiger partial charge on any atom is -0.307 e. The summed E-state index contributed by atoms with van der Waals surface area (Å²) in [5, 5.41) is 2.15. The number of hydrogen-bond donors (Lipinski definition) is 1. The van der Waals surface area contributed by atoms with E-state index < -0.39 is 17.2 Å². The van der Waals surface area contributed by atoms with Gasteiger partial charge in [0, 0.05) is 17.9 Å². The third-order valence-electron chi connectivity index (χ3n) is 3.44. The van der Waals surface area contributed by atoms with Gasteiger partial charge >= 0.3 is 6.03 Å². The summed E-state index contributed by atoms with van der Waals surface area (Å²) in [6.45, 7) is 0.490. The van der Waals surface area contributed by atoms with Crippen molar-refractivity contribution in [3.63, 3.8) is 0 Å². The molecule has 1 heterocycles. The molecule has 1 unspecified atom stereocenters. The molecule has 2 aromatic carbocycles. The minimum atomic E-state index is -0.495. The first-order chi connectivity index (χ1) is 10.7. The Labute approximate surface area is 131 Å². The zero-order chi connectivity index (χ0) is 15.5. The van der Waals surface area contributed by atoms with E-state index in [1.54, 1.807) is 30.3 Å². The van der Waals surface area contributed by atoms with Crippen LogP contribution in [0, 0.1) is 11.6 Å². The number of thioether (sulfide) groups is 1. The summed E-state index contributed by atoms with van der Waals surface area (Å²) in [5.41, 5.74) is 0.588. The number of nitrogens with zero attached hydrogens (tertiary/aromatic N) is 1. The fourth-order valence-corrected chi connectivity index (χ4v) is 3.64. The van der Waals surface area contributed by atoms with Gasteiger partial charge in [0.2, 0.25) is 0 Å². The molecular weight excluding hydrogens is 306 g/mol. The minimum absolute atomic E-state index is 0.122. The fourth-order valence-electron chi connectivity index (χ4n) is 2.36. The number of carbonyl (C=O) groups excluding carboxylic acids is 1. The molecule has 1 saturated heterocycles. The van der Waals surface area contributed by atoms with Crippen molar-refractivity contribution >= 4 is 23.5 Å². The Hall–Kier alpha value is -2.08. The number of carbonyl (C=O) groups is 1. The third-order valence-corrected chi connectivity index (χ3v) is 4.68. The molecule has 2 aromatic rings. The maximum Gasteiger partial charge on any atom is 0.323 e. The maximum atomic E-state index is 13.9. The second-order valence-electron chi connectivity index (χ2n) is 4.85. The maximum absolute atomic E-state index is 13.9. The van der Waals surface area contributed by atoms with Gasteiger partial charge < -0.3 is 10.2 Å². The highest BCUT2D eigenvalue weighted by Gasteiger charge is 2.32. The van der Waals surface area contributed by atoms with Crippen LogP contribution in [0.15, 0.2) is 48.5 Å². The van der Waals surface area contributed by atoms with Crippen LogP contribution in [0.5, 0.6) is 0 Å². The van der Waals surface area contributed by atoms with Crippen LogP contribution in [-0.4, -0.2) is 23.2 Å². The molecule has 1 atom stereocenters. The molecule has 1 N–H and O–H groups in total. The normalized spacial score (nSPS) is 17.5. The van der Waals surface area contributed by atoms with Gasteiger partial charge in [-0.1, -0.05) is 30.3 Å². The first-order valence-electron chi connectivity index (χ1n) is 6.85. The van der Waals surface area contributed by atoms with Crippen molar-refractivity contribution in [3.8, 4) is 0 Å². The van der Waals surface area contributed by atoms with Crippen LogP contribution < -0.4 is 5.32 Å². The van der Waals surface area contributed by atoms with E-state index in [1.807, 2.05) is 0 Å². The Morgan fingerprint density at radius 1 is 1.09 bits per heavy atom. The summed E-state index contributed by atoms with van der Waals surface area (Å²) in [7, 11) is 0. The first kappa shape index (κ1) is 14.8. The van der Waals surface area contributed by atoms with Crippen molar-refractivity contribution in [3.05, 3.63) is 65.7 Å². The summed E-state index contributed by atoms with van der Waals surface area (Å²) in [6, 6.07) is 11.9. The second-order valence-corrected chi connectivity index (χ2v) is 6.04. The van der Waals surface area contributed by atoms with Crippen LogP contribution in [0.2, 0.25) is 0 Å². The van der Waals surface area contributed by atoms with Crippen molar-refractivity contribution in [1.82, 2.24) is 4.90 Å². The number of benzene rings is 2. The van der Waals surface area contributed by atoms with Gasteiger partial charge in [0.25, 0.3) is 0 Å². The molecule has 1 aliphatic rings. The lowest BCUT2D eigenvalue weighted by molar-refractivity contribution is 0.213. The lowest BCUT2D eigenvalue weighted by Crippen LogP contribution is -2.34. The first-order valence-corrected chi connectivity index (χ1v) is 7.90.